The van der Waals surface area contributed by atoms with Gasteiger partial charge in [-0.05, 0) is 48.7 Å². The number of carbonyl (C=O) groups is 1. The van der Waals surface area contributed by atoms with E-state index in [-0.39, 0.29) is 12.5 Å². The van der Waals surface area contributed by atoms with E-state index < -0.39 is 0 Å². The van der Waals surface area contributed by atoms with Crippen LogP contribution in [0, 0.1) is 6.92 Å². The molecule has 4 nitrogen and oxygen atoms in total. The Morgan fingerprint density at radius 1 is 1.17 bits per heavy atom. The van der Waals surface area contributed by atoms with E-state index in [1.165, 1.54) is 0 Å². The Morgan fingerprint density at radius 3 is 2.74 bits per heavy atom. The number of benzene rings is 2. The third kappa shape index (κ3) is 5.49. The zero-order valence-corrected chi connectivity index (χ0v) is 14.0. The summed E-state index contributed by atoms with van der Waals surface area (Å²) in [6, 6.07) is 13.2. The van der Waals surface area contributed by atoms with Crippen molar-refractivity contribution in [2.45, 2.75) is 13.3 Å². The number of methoxy groups -OCH3 is 1. The molecule has 0 radical (unpaired) electrons. The third-order valence-electron chi connectivity index (χ3n) is 3.30. The van der Waals surface area contributed by atoms with Gasteiger partial charge in [-0.25, -0.2) is 0 Å². The first-order valence-electron chi connectivity index (χ1n) is 7.37. The second kappa shape index (κ2) is 8.44. The normalized spacial score (nSPS) is 10.2. The number of hydrogen-bond donors (Lipinski definition) is 1. The molecule has 0 atom stereocenters. The number of nitrogens with one attached hydrogen (secondary N) is 1. The minimum absolute atomic E-state index is 0.0467. The van der Waals surface area contributed by atoms with Gasteiger partial charge in [0.05, 0.1) is 7.11 Å². The maximum absolute atomic E-state index is 11.8. The first-order chi connectivity index (χ1) is 11.1. The van der Waals surface area contributed by atoms with Crippen molar-refractivity contribution >= 4 is 17.5 Å². The minimum Gasteiger partial charge on any atom is -0.493 e. The van der Waals surface area contributed by atoms with E-state index in [0.29, 0.717) is 23.1 Å². The summed E-state index contributed by atoms with van der Waals surface area (Å²) in [5.74, 6) is 1.01. The van der Waals surface area contributed by atoms with E-state index in [1.807, 2.05) is 43.3 Å². The smallest absolute Gasteiger partial charge is 0.257 e. The molecule has 0 aliphatic rings. The fourth-order valence-electron chi connectivity index (χ4n) is 2.13. The summed E-state index contributed by atoms with van der Waals surface area (Å²) in [6.45, 7) is 2.46. The number of aryl methyl sites for hydroxylation is 1. The van der Waals surface area contributed by atoms with Gasteiger partial charge in [0.25, 0.3) is 5.91 Å². The van der Waals surface area contributed by atoms with E-state index in [9.17, 15) is 4.79 Å². The lowest BCUT2D eigenvalue weighted by atomic mass is 10.1. The highest BCUT2D eigenvalue weighted by Gasteiger charge is 2.07. The topological polar surface area (TPSA) is 47.6 Å². The van der Waals surface area contributed by atoms with Crippen molar-refractivity contribution in [3.63, 3.8) is 0 Å². The van der Waals surface area contributed by atoms with Gasteiger partial charge < -0.3 is 14.8 Å². The zero-order valence-electron chi connectivity index (χ0n) is 13.3. The second-order valence-electron chi connectivity index (χ2n) is 5.17. The quantitative estimate of drug-likeness (QED) is 0.844. The minimum atomic E-state index is -0.172. The molecule has 0 fully saturated rings. The SMILES string of the molecule is COc1cc(C)ccc1OCC(=O)NCCc1cccc(Cl)c1. The Balaban J connectivity index is 1.77. The van der Waals surface area contributed by atoms with E-state index in [2.05, 4.69) is 5.32 Å². The van der Waals surface area contributed by atoms with Gasteiger partial charge in [-0.2, -0.15) is 0 Å². The highest BCUT2D eigenvalue weighted by Crippen LogP contribution is 2.27. The summed E-state index contributed by atoms with van der Waals surface area (Å²) in [6.07, 6.45) is 0.722. The molecule has 0 aliphatic carbocycles. The Bertz CT molecular complexity index is 673. The van der Waals surface area contributed by atoms with Crippen LogP contribution in [0.3, 0.4) is 0 Å². The lowest BCUT2D eigenvalue weighted by Gasteiger charge is -2.11. The van der Waals surface area contributed by atoms with Crippen LogP contribution in [0.1, 0.15) is 11.1 Å². The van der Waals surface area contributed by atoms with Crippen LogP contribution in [0.5, 0.6) is 11.5 Å². The predicted octanol–water partition coefficient (Wildman–Crippen LogP) is 3.39. The van der Waals surface area contributed by atoms with E-state index in [4.69, 9.17) is 21.1 Å². The average Bonchev–Trinajstić information content (AvgIpc) is 2.53. The molecule has 5 heteroatoms. The number of rotatable bonds is 7. The van der Waals surface area contributed by atoms with Crippen molar-refractivity contribution in [1.82, 2.24) is 5.32 Å². The van der Waals surface area contributed by atoms with Gasteiger partial charge in [-0.15, -0.1) is 0 Å². The molecule has 2 aromatic carbocycles. The van der Waals surface area contributed by atoms with Gasteiger partial charge in [-0.1, -0.05) is 29.8 Å². The van der Waals surface area contributed by atoms with Crippen LogP contribution >= 0.6 is 11.6 Å². The maximum atomic E-state index is 11.8. The Labute approximate surface area is 141 Å². The molecule has 0 spiro atoms. The standard InChI is InChI=1S/C18H20ClNO3/c1-13-6-7-16(17(10-13)22-2)23-12-18(21)20-9-8-14-4-3-5-15(19)11-14/h3-7,10-11H,8-9,12H2,1-2H3,(H,20,21). The number of amides is 1. The summed E-state index contributed by atoms with van der Waals surface area (Å²) in [4.78, 5) is 11.8. The lowest BCUT2D eigenvalue weighted by Crippen LogP contribution is -2.30. The molecule has 0 saturated heterocycles. The Morgan fingerprint density at radius 2 is 2.00 bits per heavy atom. The van der Waals surface area contributed by atoms with Crippen LogP contribution in [0.15, 0.2) is 42.5 Å². The molecule has 2 aromatic rings. The molecular formula is C18H20ClNO3. The molecule has 23 heavy (non-hydrogen) atoms. The first kappa shape index (κ1) is 17.2. The van der Waals surface area contributed by atoms with Crippen molar-refractivity contribution in [2.75, 3.05) is 20.3 Å². The number of ether oxygens (including phenoxy) is 2. The summed E-state index contributed by atoms with van der Waals surface area (Å²) in [5.41, 5.74) is 2.15. The zero-order chi connectivity index (χ0) is 16.7. The maximum Gasteiger partial charge on any atom is 0.257 e. The molecule has 0 saturated carbocycles. The number of halogens is 1. The molecule has 0 unspecified atom stereocenters. The first-order valence-corrected chi connectivity index (χ1v) is 7.75. The third-order valence-corrected chi connectivity index (χ3v) is 3.54. The van der Waals surface area contributed by atoms with Gasteiger partial charge in [0.2, 0.25) is 0 Å². The largest absolute Gasteiger partial charge is 0.493 e. The fraction of sp³-hybridized carbons (Fsp3) is 0.278. The molecule has 0 heterocycles. The highest BCUT2D eigenvalue weighted by molar-refractivity contribution is 6.30. The van der Waals surface area contributed by atoms with E-state index in [1.54, 1.807) is 13.2 Å². The van der Waals surface area contributed by atoms with E-state index >= 15 is 0 Å². The van der Waals surface area contributed by atoms with Gasteiger partial charge in [-0.3, -0.25) is 4.79 Å². The van der Waals surface area contributed by atoms with Crippen molar-refractivity contribution < 1.29 is 14.3 Å². The molecule has 0 bridgehead atoms. The van der Waals surface area contributed by atoms with Gasteiger partial charge >= 0.3 is 0 Å². The molecule has 1 N–H and O–H groups in total. The van der Waals surface area contributed by atoms with Crippen LogP contribution in [0.4, 0.5) is 0 Å². The summed E-state index contributed by atoms with van der Waals surface area (Å²) in [5, 5.41) is 3.52. The molecule has 0 aromatic heterocycles. The van der Waals surface area contributed by atoms with Crippen LogP contribution in [-0.4, -0.2) is 26.2 Å². The molecule has 1 amide bonds. The summed E-state index contributed by atoms with van der Waals surface area (Å²) in [7, 11) is 1.58. The predicted molar refractivity (Wildman–Crippen MR) is 91.4 cm³/mol. The number of hydrogen-bond acceptors (Lipinski definition) is 3. The summed E-state index contributed by atoms with van der Waals surface area (Å²) < 4.78 is 10.7. The molecule has 122 valence electrons. The van der Waals surface area contributed by atoms with Gasteiger partial charge in [0.15, 0.2) is 18.1 Å². The van der Waals surface area contributed by atoms with Gasteiger partial charge in [0.1, 0.15) is 0 Å². The van der Waals surface area contributed by atoms with Crippen molar-refractivity contribution in [3.8, 4) is 11.5 Å². The number of carbonyl (C=O) groups excluding carboxylic acids is 1. The van der Waals surface area contributed by atoms with Crippen LogP contribution in [-0.2, 0) is 11.2 Å². The van der Waals surface area contributed by atoms with Crippen LogP contribution < -0.4 is 14.8 Å². The molecule has 0 aliphatic heterocycles. The van der Waals surface area contributed by atoms with Crippen molar-refractivity contribution in [1.29, 1.82) is 0 Å². The Hall–Kier alpha value is -2.20. The fourth-order valence-corrected chi connectivity index (χ4v) is 2.34. The van der Waals surface area contributed by atoms with Crippen LogP contribution in [0.2, 0.25) is 5.02 Å². The van der Waals surface area contributed by atoms with Gasteiger partial charge in [0, 0.05) is 11.6 Å². The lowest BCUT2D eigenvalue weighted by molar-refractivity contribution is -0.123. The van der Waals surface area contributed by atoms with Crippen molar-refractivity contribution in [2.24, 2.45) is 0 Å². The van der Waals surface area contributed by atoms with Crippen molar-refractivity contribution in [3.05, 3.63) is 58.6 Å². The summed E-state index contributed by atoms with van der Waals surface area (Å²) >= 11 is 5.92. The van der Waals surface area contributed by atoms with Crippen LogP contribution in [0.25, 0.3) is 0 Å². The highest BCUT2D eigenvalue weighted by atomic mass is 35.5. The Kier molecular flexibility index (Phi) is 6.29. The average molecular weight is 334 g/mol. The molecule has 2 rings (SSSR count). The molecular weight excluding hydrogens is 314 g/mol. The van der Waals surface area contributed by atoms with E-state index in [0.717, 1.165) is 17.5 Å². The second-order valence-corrected chi connectivity index (χ2v) is 5.61. The monoisotopic (exact) mass is 333 g/mol.